The number of halogens is 1. The first-order chi connectivity index (χ1) is 8.61. The van der Waals surface area contributed by atoms with E-state index >= 15 is 0 Å². The quantitative estimate of drug-likeness (QED) is 0.760. The first-order valence-corrected chi connectivity index (χ1v) is 6.44. The molecule has 1 unspecified atom stereocenters. The summed E-state index contributed by atoms with van der Waals surface area (Å²) in [6.07, 6.45) is 2.87. The molecule has 0 aliphatic carbocycles. The van der Waals surface area contributed by atoms with Crippen LogP contribution in [0.4, 0.5) is 5.82 Å². The zero-order valence-electron chi connectivity index (χ0n) is 10.4. The van der Waals surface area contributed by atoms with Gasteiger partial charge in [-0.3, -0.25) is 4.79 Å². The Bertz CT molecular complexity index is 370. The fourth-order valence-electron chi connectivity index (χ4n) is 1.69. The van der Waals surface area contributed by atoms with Gasteiger partial charge in [-0.2, -0.15) is 0 Å². The third-order valence-electron chi connectivity index (χ3n) is 2.83. The summed E-state index contributed by atoms with van der Waals surface area (Å²) >= 11 is 5.63. The van der Waals surface area contributed by atoms with Gasteiger partial charge in [0.2, 0.25) is 0 Å². The Morgan fingerprint density at radius 1 is 1.44 bits per heavy atom. The standard InChI is InChI=1S/C12H18ClN3O2/c1-2-9(3-6-12(17)18)7-8-14-11-5-4-10(13)15-16-11/h4-5,9H,2-3,6-8H2,1H3,(H,14,16)(H,17,18). The molecule has 1 aromatic heterocycles. The van der Waals surface area contributed by atoms with E-state index in [1.54, 1.807) is 12.1 Å². The number of carboxylic acid groups (broad SMARTS) is 1. The van der Waals surface area contributed by atoms with Gasteiger partial charge in [0, 0.05) is 13.0 Å². The minimum Gasteiger partial charge on any atom is -0.481 e. The number of hydrogen-bond donors (Lipinski definition) is 2. The van der Waals surface area contributed by atoms with Crippen LogP contribution in [0, 0.1) is 5.92 Å². The van der Waals surface area contributed by atoms with E-state index in [2.05, 4.69) is 22.4 Å². The van der Waals surface area contributed by atoms with Gasteiger partial charge >= 0.3 is 5.97 Å². The number of hydrogen-bond acceptors (Lipinski definition) is 4. The van der Waals surface area contributed by atoms with Crippen molar-refractivity contribution in [2.75, 3.05) is 11.9 Å². The molecule has 0 spiro atoms. The summed E-state index contributed by atoms with van der Waals surface area (Å²) in [5.41, 5.74) is 0. The second-order valence-corrected chi connectivity index (χ2v) is 4.55. The van der Waals surface area contributed by atoms with E-state index in [-0.39, 0.29) is 6.42 Å². The number of aromatic nitrogens is 2. The number of carboxylic acids is 1. The summed E-state index contributed by atoms with van der Waals surface area (Å²) in [5.74, 6) is 0.381. The predicted octanol–water partition coefficient (Wildman–Crippen LogP) is 2.82. The largest absolute Gasteiger partial charge is 0.481 e. The smallest absolute Gasteiger partial charge is 0.303 e. The maximum atomic E-state index is 10.5. The van der Waals surface area contributed by atoms with Gasteiger partial charge in [-0.05, 0) is 30.9 Å². The van der Waals surface area contributed by atoms with Crippen molar-refractivity contribution in [3.05, 3.63) is 17.3 Å². The first kappa shape index (κ1) is 14.7. The Labute approximate surface area is 112 Å². The number of rotatable bonds is 8. The molecule has 0 saturated heterocycles. The molecule has 5 nitrogen and oxygen atoms in total. The highest BCUT2D eigenvalue weighted by molar-refractivity contribution is 6.29. The van der Waals surface area contributed by atoms with Gasteiger partial charge in [0.05, 0.1) is 0 Å². The highest BCUT2D eigenvalue weighted by Gasteiger charge is 2.08. The third kappa shape index (κ3) is 5.82. The van der Waals surface area contributed by atoms with Crippen LogP contribution < -0.4 is 5.32 Å². The molecule has 2 N–H and O–H groups in total. The van der Waals surface area contributed by atoms with Crippen molar-refractivity contribution < 1.29 is 9.90 Å². The second kappa shape index (κ2) is 7.87. The van der Waals surface area contributed by atoms with Crippen molar-refractivity contribution in [3.8, 4) is 0 Å². The van der Waals surface area contributed by atoms with E-state index in [0.29, 0.717) is 16.9 Å². The molecule has 0 fully saturated rings. The van der Waals surface area contributed by atoms with Gasteiger partial charge < -0.3 is 10.4 Å². The third-order valence-corrected chi connectivity index (χ3v) is 3.04. The predicted molar refractivity (Wildman–Crippen MR) is 70.8 cm³/mol. The summed E-state index contributed by atoms with van der Waals surface area (Å²) < 4.78 is 0. The Kier molecular flexibility index (Phi) is 6.43. The average Bonchev–Trinajstić information content (AvgIpc) is 2.35. The van der Waals surface area contributed by atoms with E-state index in [4.69, 9.17) is 16.7 Å². The van der Waals surface area contributed by atoms with Crippen molar-refractivity contribution >= 4 is 23.4 Å². The summed E-state index contributed by atoms with van der Waals surface area (Å²) in [4.78, 5) is 10.5. The van der Waals surface area contributed by atoms with E-state index in [1.807, 2.05) is 0 Å². The van der Waals surface area contributed by atoms with Gasteiger partial charge in [-0.1, -0.05) is 24.9 Å². The Balaban J connectivity index is 2.26. The average molecular weight is 272 g/mol. The highest BCUT2D eigenvalue weighted by atomic mass is 35.5. The summed E-state index contributed by atoms with van der Waals surface area (Å²) in [7, 11) is 0. The minimum atomic E-state index is -0.732. The molecule has 1 atom stereocenters. The van der Waals surface area contributed by atoms with Crippen LogP contribution in [0.2, 0.25) is 5.15 Å². The lowest BCUT2D eigenvalue weighted by atomic mass is 9.97. The lowest BCUT2D eigenvalue weighted by Gasteiger charge is -2.13. The van der Waals surface area contributed by atoms with Gasteiger partial charge in [-0.25, -0.2) is 0 Å². The van der Waals surface area contributed by atoms with Crippen LogP contribution in [0.1, 0.15) is 32.6 Å². The summed E-state index contributed by atoms with van der Waals surface area (Å²) in [6, 6.07) is 3.45. The minimum absolute atomic E-state index is 0.235. The number of aliphatic carboxylic acids is 1. The Morgan fingerprint density at radius 2 is 2.22 bits per heavy atom. The fourth-order valence-corrected chi connectivity index (χ4v) is 1.80. The molecule has 1 aromatic rings. The maximum absolute atomic E-state index is 10.5. The van der Waals surface area contributed by atoms with Crippen molar-refractivity contribution in [2.24, 2.45) is 5.92 Å². The lowest BCUT2D eigenvalue weighted by Crippen LogP contribution is -2.11. The number of carbonyl (C=O) groups is 1. The zero-order chi connectivity index (χ0) is 13.4. The van der Waals surface area contributed by atoms with Crippen molar-refractivity contribution in [2.45, 2.75) is 32.6 Å². The number of nitrogens with zero attached hydrogens (tertiary/aromatic N) is 2. The molecule has 0 bridgehead atoms. The van der Waals surface area contributed by atoms with Gasteiger partial charge in [0.1, 0.15) is 5.82 Å². The zero-order valence-corrected chi connectivity index (χ0v) is 11.2. The molecule has 18 heavy (non-hydrogen) atoms. The molecular formula is C12H18ClN3O2. The van der Waals surface area contributed by atoms with E-state index in [0.717, 1.165) is 25.8 Å². The maximum Gasteiger partial charge on any atom is 0.303 e. The van der Waals surface area contributed by atoms with E-state index in [9.17, 15) is 4.79 Å². The lowest BCUT2D eigenvalue weighted by molar-refractivity contribution is -0.137. The second-order valence-electron chi connectivity index (χ2n) is 4.16. The highest BCUT2D eigenvalue weighted by Crippen LogP contribution is 2.15. The van der Waals surface area contributed by atoms with Crippen LogP contribution in [0.15, 0.2) is 12.1 Å². The fraction of sp³-hybridized carbons (Fsp3) is 0.583. The molecule has 1 rings (SSSR count). The monoisotopic (exact) mass is 271 g/mol. The van der Waals surface area contributed by atoms with Gasteiger partial charge in [0.15, 0.2) is 5.15 Å². The number of anilines is 1. The van der Waals surface area contributed by atoms with Crippen LogP contribution in [0.25, 0.3) is 0 Å². The molecule has 1 heterocycles. The summed E-state index contributed by atoms with van der Waals surface area (Å²) in [6.45, 7) is 2.84. The molecule has 0 saturated carbocycles. The van der Waals surface area contributed by atoms with Gasteiger partial charge in [0.25, 0.3) is 0 Å². The topological polar surface area (TPSA) is 75.1 Å². The van der Waals surface area contributed by atoms with Crippen molar-refractivity contribution in [1.29, 1.82) is 0 Å². The molecular weight excluding hydrogens is 254 g/mol. The molecule has 6 heteroatoms. The molecule has 0 amide bonds. The molecule has 0 radical (unpaired) electrons. The van der Waals surface area contributed by atoms with Crippen LogP contribution in [-0.2, 0) is 4.79 Å². The molecule has 0 aliphatic heterocycles. The van der Waals surface area contributed by atoms with Crippen LogP contribution in [0.5, 0.6) is 0 Å². The van der Waals surface area contributed by atoms with Crippen molar-refractivity contribution in [1.82, 2.24) is 10.2 Å². The van der Waals surface area contributed by atoms with Crippen LogP contribution in [0.3, 0.4) is 0 Å². The summed E-state index contributed by atoms with van der Waals surface area (Å²) in [5, 5.41) is 19.8. The van der Waals surface area contributed by atoms with Gasteiger partial charge in [-0.15, -0.1) is 10.2 Å². The Hall–Kier alpha value is -1.36. The normalized spacial score (nSPS) is 12.1. The van der Waals surface area contributed by atoms with Crippen molar-refractivity contribution in [3.63, 3.8) is 0 Å². The first-order valence-electron chi connectivity index (χ1n) is 6.06. The molecule has 0 aromatic carbocycles. The molecule has 0 aliphatic rings. The van der Waals surface area contributed by atoms with E-state index < -0.39 is 5.97 Å². The molecule has 100 valence electrons. The van der Waals surface area contributed by atoms with E-state index in [1.165, 1.54) is 0 Å². The SMILES string of the molecule is CCC(CCNc1ccc(Cl)nn1)CCC(=O)O. The van der Waals surface area contributed by atoms with Crippen LogP contribution >= 0.6 is 11.6 Å². The van der Waals surface area contributed by atoms with Crippen LogP contribution in [-0.4, -0.2) is 27.8 Å². The Morgan fingerprint density at radius 3 is 2.78 bits per heavy atom. The number of nitrogens with one attached hydrogen (secondary N) is 1.